The molecule has 136 valence electrons. The first-order valence-electron chi connectivity index (χ1n) is 8.33. The molecule has 1 fully saturated rings. The van der Waals surface area contributed by atoms with E-state index in [1.807, 2.05) is 0 Å². The zero-order valence-electron chi connectivity index (χ0n) is 13.9. The smallest absolute Gasteiger partial charge is 0.258 e. The van der Waals surface area contributed by atoms with E-state index in [1.54, 1.807) is 28.6 Å². The van der Waals surface area contributed by atoms with E-state index >= 15 is 0 Å². The van der Waals surface area contributed by atoms with Gasteiger partial charge in [0.2, 0.25) is 21.7 Å². The van der Waals surface area contributed by atoms with Crippen LogP contribution in [0.5, 0.6) is 0 Å². The molecular weight excluding hydrogens is 358 g/mol. The third-order valence-corrected chi connectivity index (χ3v) is 6.19. The minimum atomic E-state index is -3.48. The Morgan fingerprint density at radius 1 is 1.00 bits per heavy atom. The van der Waals surface area contributed by atoms with E-state index in [2.05, 4.69) is 30.8 Å². The molecule has 0 spiro atoms. The highest BCUT2D eigenvalue weighted by Gasteiger charge is 2.25. The molecule has 1 N–H and O–H groups in total. The largest absolute Gasteiger partial charge is 0.333 e. The number of tetrazole rings is 1. The van der Waals surface area contributed by atoms with Gasteiger partial charge in [-0.3, -0.25) is 0 Å². The Morgan fingerprint density at radius 2 is 1.73 bits per heavy atom. The van der Waals surface area contributed by atoms with Crippen LogP contribution in [0.4, 0.5) is 0 Å². The molecule has 1 aliphatic rings. The molecular formula is C15H17N7O3S. The van der Waals surface area contributed by atoms with Crippen LogP contribution in [0, 0.1) is 0 Å². The van der Waals surface area contributed by atoms with Gasteiger partial charge in [-0.1, -0.05) is 18.0 Å². The molecule has 0 atom stereocenters. The van der Waals surface area contributed by atoms with Gasteiger partial charge in [-0.2, -0.15) is 14.5 Å². The molecule has 0 radical (unpaired) electrons. The van der Waals surface area contributed by atoms with Crippen molar-refractivity contribution in [2.45, 2.75) is 30.6 Å². The van der Waals surface area contributed by atoms with Gasteiger partial charge in [0, 0.05) is 18.7 Å². The predicted octanol–water partition coefficient (Wildman–Crippen LogP) is 1.48. The molecule has 0 unspecified atom stereocenters. The zero-order chi connectivity index (χ0) is 18.0. The van der Waals surface area contributed by atoms with E-state index in [1.165, 1.54) is 0 Å². The molecule has 2 aromatic heterocycles. The highest BCUT2D eigenvalue weighted by Crippen LogP contribution is 2.24. The van der Waals surface area contributed by atoms with Crippen LogP contribution in [-0.2, 0) is 10.0 Å². The summed E-state index contributed by atoms with van der Waals surface area (Å²) in [6, 6.07) is 6.43. The molecule has 4 rings (SSSR count). The summed E-state index contributed by atoms with van der Waals surface area (Å²) in [4.78, 5) is 4.46. The number of rotatable bonds is 4. The van der Waals surface area contributed by atoms with Crippen LogP contribution in [0.3, 0.4) is 0 Å². The lowest BCUT2D eigenvalue weighted by Gasteiger charge is -2.19. The van der Waals surface area contributed by atoms with Gasteiger partial charge in [-0.25, -0.2) is 8.42 Å². The fourth-order valence-electron chi connectivity index (χ4n) is 2.89. The fraction of sp³-hybridized carbons (Fsp3) is 0.400. The van der Waals surface area contributed by atoms with Crippen molar-refractivity contribution in [3.63, 3.8) is 0 Å². The molecule has 11 heteroatoms. The first-order chi connectivity index (χ1) is 12.6. The highest BCUT2D eigenvalue weighted by molar-refractivity contribution is 7.89. The number of aromatic amines is 1. The van der Waals surface area contributed by atoms with Gasteiger partial charge in [-0.15, -0.1) is 10.2 Å². The monoisotopic (exact) mass is 375 g/mol. The number of hydrogen-bond acceptors (Lipinski definition) is 8. The zero-order valence-corrected chi connectivity index (χ0v) is 14.7. The second kappa shape index (κ2) is 6.92. The van der Waals surface area contributed by atoms with Crippen molar-refractivity contribution in [2.75, 3.05) is 13.1 Å². The topological polar surface area (TPSA) is 131 Å². The average Bonchev–Trinajstić information content (AvgIpc) is 3.28. The summed E-state index contributed by atoms with van der Waals surface area (Å²) in [7, 11) is -3.48. The van der Waals surface area contributed by atoms with Gasteiger partial charge in [0.25, 0.3) is 5.89 Å². The molecule has 3 heterocycles. The average molecular weight is 375 g/mol. The maximum atomic E-state index is 12.8. The van der Waals surface area contributed by atoms with E-state index < -0.39 is 10.0 Å². The van der Waals surface area contributed by atoms with Gasteiger partial charge in [-0.05, 0) is 42.3 Å². The molecule has 1 aromatic carbocycles. The first kappa shape index (κ1) is 16.8. The highest BCUT2D eigenvalue weighted by atomic mass is 32.2. The lowest BCUT2D eigenvalue weighted by Crippen LogP contribution is -2.31. The second-order valence-electron chi connectivity index (χ2n) is 6.00. The molecule has 0 saturated carbocycles. The molecule has 26 heavy (non-hydrogen) atoms. The second-order valence-corrected chi connectivity index (χ2v) is 7.94. The van der Waals surface area contributed by atoms with Crippen molar-refractivity contribution in [3.8, 4) is 23.1 Å². The summed E-state index contributed by atoms with van der Waals surface area (Å²) in [5, 5.41) is 17.1. The third-order valence-electron chi connectivity index (χ3n) is 4.28. The minimum Gasteiger partial charge on any atom is -0.333 e. The van der Waals surface area contributed by atoms with Crippen molar-refractivity contribution in [1.82, 2.24) is 35.1 Å². The van der Waals surface area contributed by atoms with E-state index in [9.17, 15) is 8.42 Å². The van der Waals surface area contributed by atoms with Crippen LogP contribution < -0.4 is 0 Å². The number of aromatic nitrogens is 6. The maximum Gasteiger partial charge on any atom is 0.258 e. The van der Waals surface area contributed by atoms with Gasteiger partial charge in [0.05, 0.1) is 4.90 Å². The third kappa shape index (κ3) is 3.22. The molecule has 0 bridgehead atoms. The summed E-state index contributed by atoms with van der Waals surface area (Å²) >= 11 is 0. The van der Waals surface area contributed by atoms with Crippen LogP contribution in [0.1, 0.15) is 25.7 Å². The number of nitrogens with zero attached hydrogens (tertiary/aromatic N) is 6. The maximum absolute atomic E-state index is 12.8. The van der Waals surface area contributed by atoms with E-state index in [0.717, 1.165) is 25.7 Å². The molecule has 1 saturated heterocycles. The Kier molecular flexibility index (Phi) is 4.47. The van der Waals surface area contributed by atoms with Crippen molar-refractivity contribution in [3.05, 3.63) is 24.3 Å². The van der Waals surface area contributed by atoms with Crippen molar-refractivity contribution in [2.24, 2.45) is 0 Å². The normalized spacial score (nSPS) is 16.5. The van der Waals surface area contributed by atoms with Crippen molar-refractivity contribution < 1.29 is 12.9 Å². The van der Waals surface area contributed by atoms with Crippen LogP contribution in [0.2, 0.25) is 0 Å². The fourth-order valence-corrected chi connectivity index (χ4v) is 4.41. The lowest BCUT2D eigenvalue weighted by molar-refractivity contribution is 0.423. The predicted molar refractivity (Wildman–Crippen MR) is 90.1 cm³/mol. The van der Waals surface area contributed by atoms with E-state index in [0.29, 0.717) is 18.7 Å². The molecule has 1 aliphatic heterocycles. The van der Waals surface area contributed by atoms with Gasteiger partial charge in [0.1, 0.15) is 0 Å². The van der Waals surface area contributed by atoms with Gasteiger partial charge >= 0.3 is 0 Å². The lowest BCUT2D eigenvalue weighted by atomic mass is 10.2. The van der Waals surface area contributed by atoms with Crippen LogP contribution in [0.15, 0.2) is 33.7 Å². The Labute approximate surface area is 149 Å². The van der Waals surface area contributed by atoms with Crippen molar-refractivity contribution in [1.29, 1.82) is 0 Å². The van der Waals surface area contributed by atoms with Crippen LogP contribution in [0.25, 0.3) is 23.1 Å². The standard InChI is InChI=1S/C15H17N7O3S/c23-26(24,22-9-3-1-2-4-10-22)12-7-5-11(6-8-12)15-16-13(19-25-15)14-17-20-21-18-14/h5-8H,1-4,9-10H2,(H,17,18,20,21). The SMILES string of the molecule is O=S(=O)(c1ccc(-c2nc(-c3nn[nH]n3)no2)cc1)N1CCCCCC1. The Morgan fingerprint density at radius 3 is 2.38 bits per heavy atom. The Bertz CT molecular complexity index is 959. The van der Waals surface area contributed by atoms with Crippen LogP contribution in [-0.4, -0.2) is 56.6 Å². The number of benzene rings is 1. The van der Waals surface area contributed by atoms with Crippen molar-refractivity contribution >= 4 is 10.0 Å². The number of sulfonamides is 1. The van der Waals surface area contributed by atoms with Gasteiger partial charge in [0.15, 0.2) is 0 Å². The number of nitrogens with one attached hydrogen (secondary N) is 1. The summed E-state index contributed by atoms with van der Waals surface area (Å²) in [6.45, 7) is 1.14. The molecule has 10 nitrogen and oxygen atoms in total. The Balaban J connectivity index is 1.57. The number of hydrogen-bond donors (Lipinski definition) is 1. The van der Waals surface area contributed by atoms with Gasteiger partial charge < -0.3 is 4.52 Å². The van der Waals surface area contributed by atoms with Crippen LogP contribution >= 0.6 is 0 Å². The molecule has 0 amide bonds. The van der Waals surface area contributed by atoms with E-state index in [4.69, 9.17) is 4.52 Å². The summed E-state index contributed by atoms with van der Waals surface area (Å²) in [5.74, 6) is 0.680. The summed E-state index contributed by atoms with van der Waals surface area (Å²) in [5.41, 5.74) is 0.613. The summed E-state index contributed by atoms with van der Waals surface area (Å²) < 4.78 is 32.3. The van der Waals surface area contributed by atoms with E-state index in [-0.39, 0.29) is 22.4 Å². The summed E-state index contributed by atoms with van der Waals surface area (Å²) in [6.07, 6.45) is 3.95. The minimum absolute atomic E-state index is 0.204. The Hall–Kier alpha value is -2.66. The quantitative estimate of drug-likeness (QED) is 0.725. The molecule has 3 aromatic rings. The first-order valence-corrected chi connectivity index (χ1v) is 9.77. The number of H-pyrrole nitrogens is 1. The molecule has 0 aliphatic carbocycles.